The van der Waals surface area contributed by atoms with E-state index in [-0.39, 0.29) is 33.6 Å². The van der Waals surface area contributed by atoms with Crippen molar-refractivity contribution in [2.75, 3.05) is 43.0 Å². The molecule has 3 aromatic heterocycles. The van der Waals surface area contributed by atoms with Crippen LogP contribution in [0.25, 0.3) is 17.2 Å². The van der Waals surface area contributed by atoms with E-state index in [1.807, 2.05) is 37.8 Å². The fraction of sp³-hybridized carbons (Fsp3) is 0.361. The summed E-state index contributed by atoms with van der Waals surface area (Å²) in [6.45, 7) is 10.7. The average Bonchev–Trinajstić information content (AvgIpc) is 3.82. The Morgan fingerprint density at radius 1 is 1.09 bits per heavy atom. The summed E-state index contributed by atoms with van der Waals surface area (Å²) in [4.78, 5) is 53.5. The molecule has 5 heterocycles. The van der Waals surface area contributed by atoms with Crippen LogP contribution in [0.3, 0.4) is 0 Å². The number of nitrogens with one attached hydrogen (secondary N) is 1. The van der Waals surface area contributed by atoms with E-state index in [2.05, 4.69) is 19.9 Å². The molecule has 5 aromatic rings. The number of alkyl halides is 3. The van der Waals surface area contributed by atoms with Crippen LogP contribution < -0.4 is 20.5 Å². The monoisotopic (exact) mass is 767 g/mol. The zero-order chi connectivity index (χ0) is 38.9. The summed E-state index contributed by atoms with van der Waals surface area (Å²) in [5.41, 5.74) is 4.03. The largest absolute Gasteiger partial charge is 0.504 e. The fourth-order valence-corrected chi connectivity index (χ4v) is 6.91. The molecule has 18 heteroatoms. The van der Waals surface area contributed by atoms with E-state index in [0.29, 0.717) is 75.1 Å². The molecular formula is C36H37ClF3N9O5. The van der Waals surface area contributed by atoms with Gasteiger partial charge in [0.2, 0.25) is 12.2 Å². The summed E-state index contributed by atoms with van der Waals surface area (Å²) in [6, 6.07) is 6.61. The van der Waals surface area contributed by atoms with E-state index in [0.717, 1.165) is 52.8 Å². The van der Waals surface area contributed by atoms with E-state index < -0.39 is 11.7 Å². The number of halogens is 4. The van der Waals surface area contributed by atoms with Gasteiger partial charge in [0.25, 0.3) is 11.5 Å². The third kappa shape index (κ3) is 7.14. The number of rotatable bonds is 7. The normalized spacial score (nSPS) is 14.0. The molecule has 1 fully saturated rings. The molecule has 0 saturated carbocycles. The van der Waals surface area contributed by atoms with Gasteiger partial charge in [-0.05, 0) is 63.1 Å². The second-order valence-electron chi connectivity index (χ2n) is 12.5. The summed E-state index contributed by atoms with van der Waals surface area (Å²) in [5, 5.41) is 17.0. The molecular weight excluding hydrogens is 731 g/mol. The van der Waals surface area contributed by atoms with Gasteiger partial charge in [0.05, 0.1) is 28.6 Å². The molecule has 0 unspecified atom stereocenters. The van der Waals surface area contributed by atoms with Crippen LogP contribution in [0.4, 0.5) is 24.5 Å². The first-order chi connectivity index (χ1) is 25.8. The van der Waals surface area contributed by atoms with Crippen molar-refractivity contribution in [1.29, 1.82) is 0 Å². The Labute approximate surface area is 312 Å². The molecule has 2 amide bonds. The number of hydrogen-bond donors (Lipinski definition) is 2. The maximum atomic E-state index is 14.0. The number of aromatic hydroxyl groups is 1. The lowest BCUT2D eigenvalue weighted by molar-refractivity contribution is -0.137. The van der Waals surface area contributed by atoms with Crippen molar-refractivity contribution in [3.8, 4) is 22.9 Å². The second-order valence-corrected chi connectivity index (χ2v) is 13.0. The van der Waals surface area contributed by atoms with Crippen molar-refractivity contribution in [2.24, 2.45) is 0 Å². The Morgan fingerprint density at radius 2 is 1.83 bits per heavy atom. The molecule has 54 heavy (non-hydrogen) atoms. The highest BCUT2D eigenvalue weighted by atomic mass is 35.5. The van der Waals surface area contributed by atoms with Crippen molar-refractivity contribution in [3.63, 3.8) is 0 Å². The molecule has 2 aromatic carbocycles. The summed E-state index contributed by atoms with van der Waals surface area (Å²) >= 11 is 5.49. The van der Waals surface area contributed by atoms with Gasteiger partial charge in [-0.1, -0.05) is 18.5 Å². The molecule has 7 rings (SSSR count). The summed E-state index contributed by atoms with van der Waals surface area (Å²) in [7, 11) is 0. The molecule has 0 radical (unpaired) electrons. The standard InChI is InChI=1S/C28H32N8O4.C8H5ClF3NO/c1-5-20-23(33-10-12-34(13-11-33)26(38)22-24(37)17(4)29-15-30-22)27(39)36-28(35(20)6-2)31-25(32-36)19-7-8-21-18(16(19)3)9-14-40-21;9-6-3-5(8(10,11)12)1-2-7(6)13-4-14/h7-8,15,37H,5-6,9-14H2,1-4H3;1-4H,(H,13,14). The lowest BCUT2D eigenvalue weighted by Crippen LogP contribution is -2.51. The topological polar surface area (TPSA) is 160 Å². The summed E-state index contributed by atoms with van der Waals surface area (Å²) < 4.78 is 45.6. The van der Waals surface area contributed by atoms with Crippen LogP contribution in [-0.2, 0) is 30.4 Å². The predicted octanol–water partition coefficient (Wildman–Crippen LogP) is 5.08. The molecule has 2 aliphatic rings. The van der Waals surface area contributed by atoms with Crippen molar-refractivity contribution < 1.29 is 32.6 Å². The molecule has 2 N–H and O–H groups in total. The van der Waals surface area contributed by atoms with Gasteiger partial charge >= 0.3 is 6.18 Å². The third-order valence-electron chi connectivity index (χ3n) is 9.48. The van der Waals surface area contributed by atoms with Gasteiger partial charge in [0.1, 0.15) is 17.8 Å². The molecule has 0 atom stereocenters. The van der Waals surface area contributed by atoms with E-state index >= 15 is 0 Å². The maximum Gasteiger partial charge on any atom is 0.416 e. The fourth-order valence-electron chi connectivity index (χ4n) is 6.67. The van der Waals surface area contributed by atoms with Crippen LogP contribution in [-0.4, -0.2) is 84.2 Å². The number of aryl methyl sites for hydroxylation is 2. The van der Waals surface area contributed by atoms with E-state index in [9.17, 15) is 32.7 Å². The molecule has 284 valence electrons. The number of aromatic nitrogens is 6. The van der Waals surface area contributed by atoms with Gasteiger partial charge in [-0.25, -0.2) is 9.97 Å². The Morgan fingerprint density at radius 3 is 2.48 bits per heavy atom. The average molecular weight is 768 g/mol. The van der Waals surface area contributed by atoms with E-state index in [1.165, 1.54) is 10.8 Å². The number of carbonyl (C=O) groups excluding carboxylic acids is 2. The van der Waals surface area contributed by atoms with Crippen LogP contribution in [0.15, 0.2) is 41.5 Å². The molecule has 2 aliphatic heterocycles. The van der Waals surface area contributed by atoms with Crippen molar-refractivity contribution in [3.05, 3.63) is 85.8 Å². The Hall–Kier alpha value is -5.71. The Bertz CT molecular complexity index is 2300. The van der Waals surface area contributed by atoms with Gasteiger partial charge in [-0.15, -0.1) is 5.10 Å². The van der Waals surface area contributed by atoms with Crippen LogP contribution in [0.2, 0.25) is 5.02 Å². The second kappa shape index (κ2) is 15.3. The maximum absolute atomic E-state index is 14.0. The molecule has 14 nitrogen and oxygen atoms in total. The Balaban J connectivity index is 0.000000300. The number of carbonyl (C=O) groups is 2. The number of fused-ring (bicyclic) bond motifs is 2. The van der Waals surface area contributed by atoms with Gasteiger partial charge < -0.3 is 29.5 Å². The van der Waals surface area contributed by atoms with Gasteiger partial charge in [0, 0.05) is 56.0 Å². The zero-order valence-corrected chi connectivity index (χ0v) is 30.6. The number of anilines is 2. The minimum absolute atomic E-state index is 0.00601. The minimum atomic E-state index is -4.43. The van der Waals surface area contributed by atoms with Gasteiger partial charge in [-0.2, -0.15) is 22.7 Å². The zero-order valence-electron chi connectivity index (χ0n) is 29.9. The van der Waals surface area contributed by atoms with Crippen LogP contribution >= 0.6 is 11.6 Å². The number of amides is 2. The number of nitrogens with zero attached hydrogens (tertiary/aromatic N) is 8. The van der Waals surface area contributed by atoms with Crippen LogP contribution in [0, 0.1) is 13.8 Å². The first-order valence-corrected chi connectivity index (χ1v) is 17.6. The first-order valence-electron chi connectivity index (χ1n) is 17.2. The number of benzene rings is 2. The predicted molar refractivity (Wildman–Crippen MR) is 194 cm³/mol. The third-order valence-corrected chi connectivity index (χ3v) is 9.80. The SMILES string of the molecule is CCc1c(N2CCN(C(=O)c3ncnc(C)c3O)CC2)c(=O)n2nc(-c3ccc4c(c3C)CCO4)nc2n1CC.O=CNc1ccc(C(F)(F)F)cc1Cl. The van der Waals surface area contributed by atoms with Crippen molar-refractivity contribution in [2.45, 2.75) is 53.3 Å². The van der Waals surface area contributed by atoms with Gasteiger partial charge in [0.15, 0.2) is 17.3 Å². The quantitative estimate of drug-likeness (QED) is 0.214. The molecule has 0 bridgehead atoms. The van der Waals surface area contributed by atoms with Crippen LogP contribution in [0.1, 0.15) is 52.4 Å². The lowest BCUT2D eigenvalue weighted by Gasteiger charge is -2.36. The molecule has 1 saturated heterocycles. The van der Waals surface area contributed by atoms with Crippen molar-refractivity contribution >= 4 is 41.1 Å². The summed E-state index contributed by atoms with van der Waals surface area (Å²) in [6.07, 6.45) is -1.32. The molecule has 0 aliphatic carbocycles. The lowest BCUT2D eigenvalue weighted by atomic mass is 10.00. The number of ether oxygens (including phenoxy) is 1. The highest BCUT2D eigenvalue weighted by Gasteiger charge is 2.32. The molecule has 0 spiro atoms. The van der Waals surface area contributed by atoms with E-state index in [4.69, 9.17) is 26.4 Å². The highest BCUT2D eigenvalue weighted by molar-refractivity contribution is 6.33. The Kier molecular flexibility index (Phi) is 10.8. The minimum Gasteiger partial charge on any atom is -0.504 e. The smallest absolute Gasteiger partial charge is 0.416 e. The van der Waals surface area contributed by atoms with Crippen LogP contribution in [0.5, 0.6) is 11.5 Å². The van der Waals surface area contributed by atoms with Gasteiger partial charge in [-0.3, -0.25) is 14.4 Å². The van der Waals surface area contributed by atoms with Crippen molar-refractivity contribution in [1.82, 2.24) is 34.0 Å². The summed E-state index contributed by atoms with van der Waals surface area (Å²) in [5.74, 6) is 1.38. The van der Waals surface area contributed by atoms with E-state index in [1.54, 1.807) is 11.8 Å². The highest BCUT2D eigenvalue weighted by Crippen LogP contribution is 2.35. The number of piperazine rings is 1. The first kappa shape index (κ1) is 38.0. The number of hydrogen-bond acceptors (Lipinski definition) is 10.